The fourth-order valence-corrected chi connectivity index (χ4v) is 2.94. The van der Waals surface area contributed by atoms with Crippen LogP contribution in [0.25, 0.3) is 0 Å². The molecule has 20 heavy (non-hydrogen) atoms. The van der Waals surface area contributed by atoms with Crippen molar-refractivity contribution >= 4 is 40.5 Å². The van der Waals surface area contributed by atoms with Crippen LogP contribution in [-0.2, 0) is 6.54 Å². The van der Waals surface area contributed by atoms with E-state index in [1.807, 2.05) is 0 Å². The van der Waals surface area contributed by atoms with Crippen molar-refractivity contribution in [3.05, 3.63) is 61.6 Å². The standard InChI is InChI=1S/C16H16Cl3N/c1-9-4-10(2)12(11(3)5-9)8-20-16-7-14(18)13(17)6-15(16)19/h4-7,20H,8H2,1-3H3. The Kier molecular flexibility index (Phi) is 4.85. The number of hydrogen-bond donors (Lipinski definition) is 1. The minimum Gasteiger partial charge on any atom is -0.380 e. The van der Waals surface area contributed by atoms with Gasteiger partial charge in [0.25, 0.3) is 0 Å². The van der Waals surface area contributed by atoms with Crippen molar-refractivity contribution in [2.75, 3.05) is 5.32 Å². The summed E-state index contributed by atoms with van der Waals surface area (Å²) >= 11 is 18.1. The summed E-state index contributed by atoms with van der Waals surface area (Å²) in [6.45, 7) is 7.05. The van der Waals surface area contributed by atoms with Gasteiger partial charge in [-0.2, -0.15) is 0 Å². The summed E-state index contributed by atoms with van der Waals surface area (Å²) in [7, 11) is 0. The summed E-state index contributed by atoms with van der Waals surface area (Å²) < 4.78 is 0. The molecule has 2 aromatic rings. The van der Waals surface area contributed by atoms with E-state index in [4.69, 9.17) is 34.8 Å². The van der Waals surface area contributed by atoms with Crippen LogP contribution in [0.2, 0.25) is 15.1 Å². The average Bonchev–Trinajstić information content (AvgIpc) is 2.33. The number of halogens is 3. The molecule has 0 spiro atoms. The lowest BCUT2D eigenvalue weighted by Gasteiger charge is -2.14. The first-order valence-corrected chi connectivity index (χ1v) is 7.47. The van der Waals surface area contributed by atoms with Crippen LogP contribution in [0, 0.1) is 20.8 Å². The summed E-state index contributed by atoms with van der Waals surface area (Å²) in [6.07, 6.45) is 0. The number of rotatable bonds is 3. The number of anilines is 1. The van der Waals surface area contributed by atoms with Crippen LogP contribution in [0.3, 0.4) is 0 Å². The van der Waals surface area contributed by atoms with Crippen LogP contribution in [0.15, 0.2) is 24.3 Å². The summed E-state index contributed by atoms with van der Waals surface area (Å²) in [6, 6.07) is 7.77. The normalized spacial score (nSPS) is 10.7. The van der Waals surface area contributed by atoms with E-state index in [9.17, 15) is 0 Å². The first kappa shape index (κ1) is 15.5. The molecule has 2 aromatic carbocycles. The number of benzene rings is 2. The van der Waals surface area contributed by atoms with Gasteiger partial charge in [0, 0.05) is 6.54 Å². The highest BCUT2D eigenvalue weighted by Crippen LogP contribution is 2.32. The molecule has 0 heterocycles. The molecular formula is C16H16Cl3N. The van der Waals surface area contributed by atoms with Gasteiger partial charge in [0.15, 0.2) is 0 Å². The van der Waals surface area contributed by atoms with E-state index >= 15 is 0 Å². The molecule has 0 saturated heterocycles. The molecule has 1 nitrogen and oxygen atoms in total. The van der Waals surface area contributed by atoms with Crippen molar-refractivity contribution in [2.24, 2.45) is 0 Å². The molecule has 0 bridgehead atoms. The van der Waals surface area contributed by atoms with Crippen molar-refractivity contribution in [1.82, 2.24) is 0 Å². The molecule has 0 atom stereocenters. The van der Waals surface area contributed by atoms with Crippen LogP contribution in [0.4, 0.5) is 5.69 Å². The highest BCUT2D eigenvalue weighted by molar-refractivity contribution is 6.44. The van der Waals surface area contributed by atoms with E-state index in [2.05, 4.69) is 38.2 Å². The third-order valence-corrected chi connectivity index (χ3v) is 4.34. The van der Waals surface area contributed by atoms with Gasteiger partial charge < -0.3 is 5.32 Å². The Balaban J connectivity index is 2.23. The molecule has 0 aliphatic rings. The Hall–Kier alpha value is -0.890. The van der Waals surface area contributed by atoms with E-state index in [0.717, 1.165) is 5.69 Å². The van der Waals surface area contributed by atoms with Crippen LogP contribution >= 0.6 is 34.8 Å². The fourth-order valence-electron chi connectivity index (χ4n) is 2.33. The predicted molar refractivity (Wildman–Crippen MR) is 89.5 cm³/mol. The molecule has 0 amide bonds. The first-order valence-electron chi connectivity index (χ1n) is 6.33. The maximum atomic E-state index is 6.17. The molecule has 0 unspecified atom stereocenters. The minimum absolute atomic E-state index is 0.463. The van der Waals surface area contributed by atoms with Gasteiger partial charge in [0.1, 0.15) is 0 Å². The SMILES string of the molecule is Cc1cc(C)c(CNc2cc(Cl)c(Cl)cc2Cl)c(C)c1. The molecule has 0 aromatic heterocycles. The smallest absolute Gasteiger partial charge is 0.0653 e. The number of hydrogen-bond acceptors (Lipinski definition) is 1. The molecule has 0 aliphatic heterocycles. The Morgan fingerprint density at radius 2 is 1.35 bits per heavy atom. The topological polar surface area (TPSA) is 12.0 Å². The largest absolute Gasteiger partial charge is 0.380 e. The second-order valence-corrected chi connectivity index (χ2v) is 6.20. The van der Waals surface area contributed by atoms with Gasteiger partial charge >= 0.3 is 0 Å². The third kappa shape index (κ3) is 3.41. The predicted octanol–water partition coefficient (Wildman–Crippen LogP) is 6.18. The summed E-state index contributed by atoms with van der Waals surface area (Å²) in [5, 5.41) is 4.85. The minimum atomic E-state index is 0.463. The van der Waals surface area contributed by atoms with Gasteiger partial charge in [-0.25, -0.2) is 0 Å². The quantitative estimate of drug-likeness (QED) is 0.663. The zero-order chi connectivity index (χ0) is 14.9. The van der Waals surface area contributed by atoms with Gasteiger partial charge in [-0.05, 0) is 49.6 Å². The van der Waals surface area contributed by atoms with E-state index in [1.165, 1.54) is 22.3 Å². The molecular weight excluding hydrogens is 313 g/mol. The van der Waals surface area contributed by atoms with E-state index < -0.39 is 0 Å². The Morgan fingerprint density at radius 3 is 1.95 bits per heavy atom. The lowest BCUT2D eigenvalue weighted by atomic mass is 10.00. The molecule has 0 saturated carbocycles. The van der Waals surface area contributed by atoms with E-state index in [-0.39, 0.29) is 0 Å². The summed E-state index contributed by atoms with van der Waals surface area (Å²) in [5.74, 6) is 0. The Morgan fingerprint density at radius 1 is 0.800 bits per heavy atom. The lowest BCUT2D eigenvalue weighted by molar-refractivity contribution is 1.08. The van der Waals surface area contributed by atoms with Crippen molar-refractivity contribution in [1.29, 1.82) is 0 Å². The monoisotopic (exact) mass is 327 g/mol. The molecule has 2 rings (SSSR count). The fraction of sp³-hybridized carbons (Fsp3) is 0.250. The molecule has 4 heteroatoms. The number of aryl methyl sites for hydroxylation is 3. The zero-order valence-corrected chi connectivity index (χ0v) is 13.9. The van der Waals surface area contributed by atoms with E-state index in [1.54, 1.807) is 12.1 Å². The highest BCUT2D eigenvalue weighted by Gasteiger charge is 2.08. The van der Waals surface area contributed by atoms with Gasteiger partial charge in [0.2, 0.25) is 0 Å². The Bertz CT molecular complexity index is 627. The van der Waals surface area contributed by atoms with Gasteiger partial charge in [0.05, 0.1) is 20.8 Å². The van der Waals surface area contributed by atoms with Gasteiger partial charge in [-0.15, -0.1) is 0 Å². The molecule has 1 N–H and O–H groups in total. The van der Waals surface area contributed by atoms with Crippen molar-refractivity contribution in [3.8, 4) is 0 Å². The van der Waals surface area contributed by atoms with Crippen molar-refractivity contribution < 1.29 is 0 Å². The van der Waals surface area contributed by atoms with Gasteiger partial charge in [-0.1, -0.05) is 52.5 Å². The Labute approximate surface area is 134 Å². The molecule has 0 aliphatic carbocycles. The summed E-state index contributed by atoms with van der Waals surface area (Å²) in [4.78, 5) is 0. The maximum Gasteiger partial charge on any atom is 0.0653 e. The van der Waals surface area contributed by atoms with Crippen LogP contribution < -0.4 is 5.32 Å². The van der Waals surface area contributed by atoms with Crippen molar-refractivity contribution in [3.63, 3.8) is 0 Å². The third-order valence-electron chi connectivity index (χ3n) is 3.31. The zero-order valence-electron chi connectivity index (χ0n) is 11.7. The second-order valence-electron chi connectivity index (χ2n) is 4.98. The molecule has 0 fully saturated rings. The highest BCUT2D eigenvalue weighted by atomic mass is 35.5. The van der Waals surface area contributed by atoms with E-state index in [0.29, 0.717) is 21.6 Å². The second kappa shape index (κ2) is 6.26. The molecule has 106 valence electrons. The van der Waals surface area contributed by atoms with Crippen molar-refractivity contribution in [2.45, 2.75) is 27.3 Å². The number of nitrogens with one attached hydrogen (secondary N) is 1. The molecule has 0 radical (unpaired) electrons. The van der Waals surface area contributed by atoms with Crippen LogP contribution in [0.1, 0.15) is 22.3 Å². The maximum absolute atomic E-state index is 6.17. The lowest BCUT2D eigenvalue weighted by Crippen LogP contribution is -2.04. The van der Waals surface area contributed by atoms with Gasteiger partial charge in [-0.3, -0.25) is 0 Å². The van der Waals surface area contributed by atoms with Crippen LogP contribution in [0.5, 0.6) is 0 Å². The van der Waals surface area contributed by atoms with Crippen LogP contribution in [-0.4, -0.2) is 0 Å². The first-order chi connectivity index (χ1) is 9.38. The average molecular weight is 329 g/mol. The summed E-state index contributed by atoms with van der Waals surface area (Å²) in [5.41, 5.74) is 5.88.